The van der Waals surface area contributed by atoms with Crippen LogP contribution in [0, 0.1) is 18.6 Å². The second-order valence-corrected chi connectivity index (χ2v) is 6.38. The lowest BCUT2D eigenvalue weighted by atomic mass is 10.1. The minimum absolute atomic E-state index is 0.0376. The Balaban J connectivity index is 1.78. The third-order valence-corrected chi connectivity index (χ3v) is 4.19. The molecule has 0 radical (unpaired) electrons. The summed E-state index contributed by atoms with van der Waals surface area (Å²) in [6.45, 7) is 4.24. The molecule has 2 aromatic carbocycles. The molecular formula is C19H20N4O3S. The van der Waals surface area contributed by atoms with Gasteiger partial charge in [0, 0.05) is 0 Å². The van der Waals surface area contributed by atoms with Gasteiger partial charge in [0.2, 0.25) is 4.77 Å². The molecule has 0 amide bonds. The van der Waals surface area contributed by atoms with Crippen LogP contribution in [-0.4, -0.2) is 33.3 Å². The summed E-state index contributed by atoms with van der Waals surface area (Å²) in [5, 5.41) is 21.1. The van der Waals surface area contributed by atoms with Crippen LogP contribution < -0.4 is 9.47 Å². The van der Waals surface area contributed by atoms with Crippen LogP contribution in [0.2, 0.25) is 0 Å². The van der Waals surface area contributed by atoms with Gasteiger partial charge in [-0.25, -0.2) is 5.10 Å². The summed E-state index contributed by atoms with van der Waals surface area (Å²) >= 11 is 5.23. The lowest BCUT2D eigenvalue weighted by Gasteiger charge is -2.09. The maximum atomic E-state index is 9.86. The topological polar surface area (TPSA) is 84.7 Å². The van der Waals surface area contributed by atoms with E-state index in [1.165, 1.54) is 17.3 Å². The van der Waals surface area contributed by atoms with Crippen molar-refractivity contribution in [2.45, 2.75) is 20.5 Å². The van der Waals surface area contributed by atoms with E-state index in [0.717, 1.165) is 11.3 Å². The number of aromatic nitrogens is 3. The first-order valence-corrected chi connectivity index (χ1v) is 8.66. The Morgan fingerprint density at radius 1 is 1.22 bits per heavy atom. The van der Waals surface area contributed by atoms with Gasteiger partial charge < -0.3 is 14.6 Å². The van der Waals surface area contributed by atoms with Crippen molar-refractivity contribution in [1.82, 2.24) is 14.9 Å². The molecule has 3 rings (SSSR count). The lowest BCUT2D eigenvalue weighted by Crippen LogP contribution is -2.05. The minimum atomic E-state index is 0.0376. The number of phenolic OH excluding ortho intramolecular Hbond substituents is 1. The van der Waals surface area contributed by atoms with Crippen molar-refractivity contribution < 1.29 is 14.6 Å². The van der Waals surface area contributed by atoms with Crippen LogP contribution in [0.5, 0.6) is 17.2 Å². The van der Waals surface area contributed by atoms with E-state index < -0.39 is 0 Å². The summed E-state index contributed by atoms with van der Waals surface area (Å²) in [5.74, 6) is 1.75. The number of hydrogen-bond acceptors (Lipinski definition) is 6. The number of nitrogens with zero attached hydrogens (tertiary/aromatic N) is 3. The Morgan fingerprint density at radius 3 is 2.70 bits per heavy atom. The maximum Gasteiger partial charge on any atom is 0.216 e. The molecule has 2 N–H and O–H groups in total. The van der Waals surface area contributed by atoms with Crippen molar-refractivity contribution >= 4 is 18.4 Å². The summed E-state index contributed by atoms with van der Waals surface area (Å²) in [6.07, 6.45) is 1.57. The number of benzene rings is 2. The molecule has 1 heterocycles. The van der Waals surface area contributed by atoms with Crippen molar-refractivity contribution in [2.24, 2.45) is 5.10 Å². The van der Waals surface area contributed by atoms with E-state index >= 15 is 0 Å². The number of aryl methyl sites for hydroxylation is 2. The molecule has 140 valence electrons. The maximum absolute atomic E-state index is 9.86. The standard InChI is InChI=1S/C19H20N4O3S/c1-12-4-6-16(13(2)8-12)26-11-18-21-22-19(27)23(18)20-10-14-5-7-17(25-3)15(24)9-14/h4-10,24H,11H2,1-3H3,(H,22,27)/b20-10-. The van der Waals surface area contributed by atoms with Gasteiger partial charge in [-0.2, -0.15) is 14.9 Å². The Kier molecular flexibility index (Phi) is 5.56. The SMILES string of the molecule is COc1ccc(/C=N\n2c(COc3ccc(C)cc3C)n[nH]c2=S)cc1O. The summed E-state index contributed by atoms with van der Waals surface area (Å²) in [7, 11) is 1.50. The van der Waals surface area contributed by atoms with Crippen LogP contribution in [0.1, 0.15) is 22.5 Å². The molecule has 3 aromatic rings. The predicted octanol–water partition coefficient (Wildman–Crippen LogP) is 3.73. The van der Waals surface area contributed by atoms with E-state index in [9.17, 15) is 5.11 Å². The van der Waals surface area contributed by atoms with Gasteiger partial charge in [0.25, 0.3) is 0 Å². The van der Waals surface area contributed by atoms with Gasteiger partial charge in [0.1, 0.15) is 12.4 Å². The third-order valence-electron chi connectivity index (χ3n) is 3.93. The van der Waals surface area contributed by atoms with Crippen LogP contribution in [0.3, 0.4) is 0 Å². The average molecular weight is 384 g/mol. The molecule has 0 spiro atoms. The highest BCUT2D eigenvalue weighted by atomic mass is 32.1. The largest absolute Gasteiger partial charge is 0.504 e. The molecule has 0 saturated carbocycles. The monoisotopic (exact) mass is 384 g/mol. The van der Waals surface area contributed by atoms with Gasteiger partial charge >= 0.3 is 0 Å². The molecule has 0 atom stereocenters. The third kappa shape index (κ3) is 4.35. The van der Waals surface area contributed by atoms with Gasteiger partial charge in [0.15, 0.2) is 17.3 Å². The van der Waals surface area contributed by atoms with E-state index in [0.29, 0.717) is 21.9 Å². The summed E-state index contributed by atoms with van der Waals surface area (Å²) in [5.41, 5.74) is 2.92. The molecule has 0 bridgehead atoms. The zero-order chi connectivity index (χ0) is 19.4. The van der Waals surface area contributed by atoms with Gasteiger partial charge in [0.05, 0.1) is 13.3 Å². The van der Waals surface area contributed by atoms with E-state index in [1.54, 1.807) is 24.4 Å². The van der Waals surface area contributed by atoms with Crippen LogP contribution in [0.15, 0.2) is 41.5 Å². The van der Waals surface area contributed by atoms with E-state index in [-0.39, 0.29) is 12.4 Å². The number of nitrogens with one attached hydrogen (secondary N) is 1. The zero-order valence-corrected chi connectivity index (χ0v) is 16.1. The number of phenols is 1. The predicted molar refractivity (Wildman–Crippen MR) is 105 cm³/mol. The Morgan fingerprint density at radius 2 is 2.00 bits per heavy atom. The summed E-state index contributed by atoms with van der Waals surface area (Å²) in [6, 6.07) is 11.0. The van der Waals surface area contributed by atoms with Crippen molar-refractivity contribution in [3.05, 3.63) is 63.7 Å². The number of hydrogen-bond donors (Lipinski definition) is 2. The highest BCUT2D eigenvalue weighted by molar-refractivity contribution is 7.71. The molecule has 0 aliphatic rings. The first-order valence-electron chi connectivity index (χ1n) is 8.25. The van der Waals surface area contributed by atoms with Crippen molar-refractivity contribution in [1.29, 1.82) is 0 Å². The highest BCUT2D eigenvalue weighted by Crippen LogP contribution is 2.25. The molecular weight excluding hydrogens is 364 g/mol. The van der Waals surface area contributed by atoms with E-state index in [2.05, 4.69) is 21.4 Å². The van der Waals surface area contributed by atoms with E-state index in [1.807, 2.05) is 26.0 Å². The molecule has 1 aromatic heterocycles. The number of aromatic amines is 1. The lowest BCUT2D eigenvalue weighted by molar-refractivity contribution is 0.288. The molecule has 0 saturated heterocycles. The number of methoxy groups -OCH3 is 1. The van der Waals surface area contributed by atoms with Crippen molar-refractivity contribution in [2.75, 3.05) is 7.11 Å². The van der Waals surface area contributed by atoms with Gasteiger partial charge in [-0.1, -0.05) is 17.7 Å². The smallest absolute Gasteiger partial charge is 0.216 e. The van der Waals surface area contributed by atoms with Gasteiger partial charge in [-0.3, -0.25) is 0 Å². The molecule has 0 unspecified atom stereocenters. The Hall–Kier alpha value is -3.13. The number of H-pyrrole nitrogens is 1. The fraction of sp³-hybridized carbons (Fsp3) is 0.211. The Labute approximate surface area is 161 Å². The highest BCUT2D eigenvalue weighted by Gasteiger charge is 2.08. The van der Waals surface area contributed by atoms with Gasteiger partial charge in [-0.15, -0.1) is 0 Å². The molecule has 27 heavy (non-hydrogen) atoms. The fourth-order valence-electron chi connectivity index (χ4n) is 2.55. The van der Waals surface area contributed by atoms with Crippen molar-refractivity contribution in [3.8, 4) is 17.2 Å². The number of ether oxygens (including phenoxy) is 2. The molecule has 0 aliphatic carbocycles. The zero-order valence-electron chi connectivity index (χ0n) is 15.3. The quantitative estimate of drug-likeness (QED) is 0.500. The molecule has 8 heteroatoms. The fourth-order valence-corrected chi connectivity index (χ4v) is 2.75. The average Bonchev–Trinajstić information content (AvgIpc) is 2.99. The first-order chi connectivity index (χ1) is 13.0. The molecule has 0 aliphatic heterocycles. The summed E-state index contributed by atoms with van der Waals surface area (Å²) < 4.78 is 12.7. The van der Waals surface area contributed by atoms with Crippen LogP contribution >= 0.6 is 12.2 Å². The van der Waals surface area contributed by atoms with Crippen molar-refractivity contribution in [3.63, 3.8) is 0 Å². The Bertz CT molecular complexity index is 1040. The van der Waals surface area contributed by atoms with E-state index in [4.69, 9.17) is 21.7 Å². The summed E-state index contributed by atoms with van der Waals surface area (Å²) in [4.78, 5) is 0. The normalized spacial score (nSPS) is 11.1. The second kappa shape index (κ2) is 8.05. The van der Waals surface area contributed by atoms with Gasteiger partial charge in [-0.05, 0) is 61.5 Å². The molecule has 7 nitrogen and oxygen atoms in total. The molecule has 0 fully saturated rings. The first kappa shape index (κ1) is 18.7. The minimum Gasteiger partial charge on any atom is -0.504 e. The number of rotatable bonds is 6. The number of aromatic hydroxyl groups is 1. The second-order valence-electron chi connectivity index (χ2n) is 5.99. The van der Waals surface area contributed by atoms with Crippen LogP contribution in [0.25, 0.3) is 0 Å². The van der Waals surface area contributed by atoms with Crippen LogP contribution in [0.4, 0.5) is 0 Å². The van der Waals surface area contributed by atoms with Crippen LogP contribution in [-0.2, 0) is 6.61 Å².